The van der Waals surface area contributed by atoms with Crippen LogP contribution in [-0.4, -0.2) is 66.9 Å². The number of imide groups is 1. The van der Waals surface area contributed by atoms with Gasteiger partial charge in [-0.15, -0.1) is 24.5 Å². The predicted octanol–water partition coefficient (Wildman–Crippen LogP) is 5.53. The molecule has 9 nitrogen and oxygen atoms in total. The van der Waals surface area contributed by atoms with E-state index in [1.54, 1.807) is 45.7 Å². The summed E-state index contributed by atoms with van der Waals surface area (Å²) in [6.07, 6.45) is -4.56. The molecule has 0 atom stereocenters. The van der Waals surface area contributed by atoms with E-state index < -0.39 is 35.3 Å². The predicted molar refractivity (Wildman–Crippen MR) is 147 cm³/mol. The number of benzene rings is 1. The van der Waals surface area contributed by atoms with Crippen molar-refractivity contribution < 1.29 is 46.6 Å². The second kappa shape index (κ2) is 12.9. The molecular weight excluding hydrogens is 565 g/mol. The average Bonchev–Trinajstić information content (AvgIpc) is 3.18. The van der Waals surface area contributed by atoms with Crippen molar-refractivity contribution in [3.8, 4) is 5.75 Å². The van der Waals surface area contributed by atoms with Gasteiger partial charge in [0, 0.05) is 13.6 Å². The minimum Gasteiger partial charge on any atom is -0.462 e. The van der Waals surface area contributed by atoms with Crippen molar-refractivity contribution >= 4 is 40.6 Å². The number of para-hydroxylation sites is 1. The van der Waals surface area contributed by atoms with E-state index in [0.29, 0.717) is 4.90 Å². The molecule has 0 spiro atoms. The zero-order valence-electron chi connectivity index (χ0n) is 24.3. The number of esters is 2. The SMILES string of the molecule is CCOC(=O)c1sc(N(C)CCc2ccccc2OC(F)(F)F)c(C(=O)N(C=O)C(C)(C)C(=O)OC(C)(C)C)c1C. The number of nitrogens with zero attached hydrogens (tertiary/aromatic N) is 2. The lowest BCUT2D eigenvalue weighted by Gasteiger charge is -2.35. The summed E-state index contributed by atoms with van der Waals surface area (Å²) < 4.78 is 53.4. The van der Waals surface area contributed by atoms with E-state index in [0.717, 1.165) is 11.3 Å². The van der Waals surface area contributed by atoms with Gasteiger partial charge < -0.3 is 19.1 Å². The van der Waals surface area contributed by atoms with Gasteiger partial charge in [0.1, 0.15) is 26.8 Å². The highest BCUT2D eigenvalue weighted by molar-refractivity contribution is 7.18. The molecule has 13 heteroatoms. The Bertz CT molecular complexity index is 1280. The van der Waals surface area contributed by atoms with Gasteiger partial charge in [0.05, 0.1) is 12.2 Å². The Kier molecular flexibility index (Phi) is 10.6. The van der Waals surface area contributed by atoms with Crippen molar-refractivity contribution in [3.63, 3.8) is 0 Å². The number of ether oxygens (including phenoxy) is 3. The van der Waals surface area contributed by atoms with Crippen LogP contribution in [0.25, 0.3) is 0 Å². The fourth-order valence-corrected chi connectivity index (χ4v) is 4.97. The molecule has 41 heavy (non-hydrogen) atoms. The number of carbonyl (C=O) groups is 4. The molecule has 0 fully saturated rings. The summed E-state index contributed by atoms with van der Waals surface area (Å²) in [6.45, 7) is 11.0. The number of likely N-dealkylation sites (N-methyl/N-ethyl adjacent to an activating group) is 1. The lowest BCUT2D eigenvalue weighted by atomic mass is 10.0. The maximum absolute atomic E-state index is 13.9. The van der Waals surface area contributed by atoms with Crippen LogP contribution in [0.4, 0.5) is 18.2 Å². The molecule has 0 aliphatic carbocycles. The standard InChI is InChI=1S/C28H35F3N2O7S/c1-9-38-24(36)21-17(2)20(22(35)33(16-34)27(6,7)25(37)40-26(3,4)5)23(41-21)32(8)15-14-18-12-10-11-13-19(18)39-28(29,30)31/h10-13,16H,9,14-15H2,1-8H3. The molecule has 2 amide bonds. The first kappa shape index (κ1) is 33.6. The zero-order chi connectivity index (χ0) is 31.3. The van der Waals surface area contributed by atoms with Gasteiger partial charge in [-0.3, -0.25) is 14.5 Å². The van der Waals surface area contributed by atoms with E-state index in [9.17, 15) is 32.3 Å². The Hall–Kier alpha value is -3.61. The summed E-state index contributed by atoms with van der Waals surface area (Å²) in [5.74, 6) is -2.72. The molecule has 2 aromatic rings. The number of hydrogen-bond acceptors (Lipinski definition) is 9. The highest BCUT2D eigenvalue weighted by Gasteiger charge is 2.43. The highest BCUT2D eigenvalue weighted by Crippen LogP contribution is 2.38. The van der Waals surface area contributed by atoms with Crippen LogP contribution < -0.4 is 9.64 Å². The first-order chi connectivity index (χ1) is 18.8. The molecule has 0 unspecified atom stereocenters. The van der Waals surface area contributed by atoms with Gasteiger partial charge in [0.2, 0.25) is 6.41 Å². The smallest absolute Gasteiger partial charge is 0.462 e. The molecule has 1 aromatic carbocycles. The van der Waals surface area contributed by atoms with E-state index in [1.807, 2.05) is 0 Å². The minimum atomic E-state index is -4.87. The quantitative estimate of drug-likeness (QED) is 0.245. The van der Waals surface area contributed by atoms with Crippen LogP contribution in [0.15, 0.2) is 24.3 Å². The molecule has 1 heterocycles. The third-order valence-corrected chi connectivity index (χ3v) is 7.28. The fourth-order valence-electron chi connectivity index (χ4n) is 3.79. The first-order valence-corrected chi connectivity index (χ1v) is 13.5. The van der Waals surface area contributed by atoms with Gasteiger partial charge in [-0.1, -0.05) is 18.2 Å². The molecule has 2 rings (SSSR count). The van der Waals surface area contributed by atoms with E-state index in [-0.39, 0.29) is 58.3 Å². The van der Waals surface area contributed by atoms with Gasteiger partial charge >= 0.3 is 18.3 Å². The maximum atomic E-state index is 13.9. The maximum Gasteiger partial charge on any atom is 0.573 e. The van der Waals surface area contributed by atoms with Crippen LogP contribution in [0.2, 0.25) is 0 Å². The summed E-state index contributed by atoms with van der Waals surface area (Å²) in [4.78, 5) is 54.2. The lowest BCUT2D eigenvalue weighted by Crippen LogP contribution is -2.54. The summed E-state index contributed by atoms with van der Waals surface area (Å²) in [5.41, 5.74) is -2.13. The minimum absolute atomic E-state index is 0.0240. The second-order valence-electron chi connectivity index (χ2n) is 10.6. The number of anilines is 1. The fraction of sp³-hybridized carbons (Fsp3) is 0.500. The molecule has 1 aromatic heterocycles. The molecule has 0 radical (unpaired) electrons. The molecule has 0 saturated carbocycles. The number of alkyl halides is 3. The van der Waals surface area contributed by atoms with Crippen LogP contribution >= 0.6 is 11.3 Å². The Morgan fingerprint density at radius 3 is 2.20 bits per heavy atom. The Labute approximate surface area is 241 Å². The number of thiophene rings is 1. The van der Waals surface area contributed by atoms with Gasteiger partial charge in [0.15, 0.2) is 0 Å². The van der Waals surface area contributed by atoms with Gasteiger partial charge in [-0.25, -0.2) is 9.59 Å². The van der Waals surface area contributed by atoms with Crippen molar-refractivity contribution in [3.05, 3.63) is 45.8 Å². The Morgan fingerprint density at radius 2 is 1.66 bits per heavy atom. The molecule has 0 bridgehead atoms. The number of halogens is 3. The number of rotatable bonds is 11. The first-order valence-electron chi connectivity index (χ1n) is 12.7. The van der Waals surface area contributed by atoms with Crippen LogP contribution in [0, 0.1) is 6.92 Å². The summed E-state index contributed by atoms with van der Waals surface area (Å²) >= 11 is 0.937. The Balaban J connectivity index is 2.52. The lowest BCUT2D eigenvalue weighted by molar-refractivity contribution is -0.274. The van der Waals surface area contributed by atoms with Crippen molar-refractivity contribution in [1.29, 1.82) is 0 Å². The third kappa shape index (κ3) is 8.44. The largest absolute Gasteiger partial charge is 0.573 e. The average molecular weight is 601 g/mol. The normalized spacial score (nSPS) is 12.0. The molecular formula is C28H35F3N2O7S. The van der Waals surface area contributed by atoms with Gasteiger partial charge in [0.25, 0.3) is 5.91 Å². The molecule has 0 aliphatic rings. The highest BCUT2D eigenvalue weighted by atomic mass is 32.1. The van der Waals surface area contributed by atoms with E-state index in [4.69, 9.17) is 9.47 Å². The number of carbonyl (C=O) groups excluding carboxylic acids is 4. The third-order valence-electron chi connectivity index (χ3n) is 5.89. The van der Waals surface area contributed by atoms with Crippen molar-refractivity contribution in [1.82, 2.24) is 4.90 Å². The molecule has 226 valence electrons. The van der Waals surface area contributed by atoms with Crippen LogP contribution in [0.5, 0.6) is 5.75 Å². The summed E-state index contributed by atoms with van der Waals surface area (Å²) in [7, 11) is 1.59. The van der Waals surface area contributed by atoms with Crippen LogP contribution in [0.1, 0.15) is 72.7 Å². The summed E-state index contributed by atoms with van der Waals surface area (Å²) in [6, 6.07) is 5.68. The van der Waals surface area contributed by atoms with Crippen LogP contribution in [0.3, 0.4) is 0 Å². The van der Waals surface area contributed by atoms with Crippen molar-refractivity contribution in [2.24, 2.45) is 0 Å². The number of hydrogen-bond donors (Lipinski definition) is 0. The number of amides is 2. The van der Waals surface area contributed by atoms with Crippen LogP contribution in [-0.2, 0) is 25.5 Å². The van der Waals surface area contributed by atoms with E-state index >= 15 is 0 Å². The molecule has 0 N–H and O–H groups in total. The molecule has 0 saturated heterocycles. The molecule has 0 aliphatic heterocycles. The van der Waals surface area contributed by atoms with E-state index in [2.05, 4.69) is 4.74 Å². The zero-order valence-corrected chi connectivity index (χ0v) is 25.1. The van der Waals surface area contributed by atoms with E-state index in [1.165, 1.54) is 39.0 Å². The topological polar surface area (TPSA) is 102 Å². The monoisotopic (exact) mass is 600 g/mol. The van der Waals surface area contributed by atoms with Crippen molar-refractivity contribution in [2.75, 3.05) is 25.1 Å². The van der Waals surface area contributed by atoms with Gasteiger partial charge in [-0.05, 0) is 72.1 Å². The second-order valence-corrected chi connectivity index (χ2v) is 11.6. The van der Waals surface area contributed by atoms with Gasteiger partial charge in [-0.2, -0.15) is 0 Å². The van der Waals surface area contributed by atoms with Crippen molar-refractivity contribution in [2.45, 2.75) is 72.4 Å². The summed E-state index contributed by atoms with van der Waals surface area (Å²) in [5, 5.41) is 0.261. The Morgan fingerprint density at radius 1 is 1.05 bits per heavy atom.